The Morgan fingerprint density at radius 1 is 1.36 bits per heavy atom. The smallest absolute Gasteiger partial charge is 0.226 e. The van der Waals surface area contributed by atoms with Gasteiger partial charge in [-0.2, -0.15) is 0 Å². The molecule has 2 aromatic rings. The lowest BCUT2D eigenvalue weighted by molar-refractivity contribution is -0.120. The predicted molar refractivity (Wildman–Crippen MR) is 81.8 cm³/mol. The summed E-state index contributed by atoms with van der Waals surface area (Å²) >= 11 is 0. The van der Waals surface area contributed by atoms with E-state index in [0.717, 1.165) is 11.3 Å². The van der Waals surface area contributed by atoms with Crippen LogP contribution in [0.3, 0.4) is 0 Å². The molecule has 0 saturated carbocycles. The van der Waals surface area contributed by atoms with E-state index in [4.69, 9.17) is 13.9 Å². The van der Waals surface area contributed by atoms with Gasteiger partial charge >= 0.3 is 0 Å². The number of ether oxygens (including phenoxy) is 2. The molecule has 1 aromatic heterocycles. The first kappa shape index (κ1) is 16.0. The van der Waals surface area contributed by atoms with Crippen molar-refractivity contribution in [3.8, 4) is 17.2 Å². The Bertz CT molecular complexity index is 637. The van der Waals surface area contributed by atoms with Crippen molar-refractivity contribution < 1.29 is 18.7 Å². The average molecular weight is 304 g/mol. The fraction of sp³-hybridized carbons (Fsp3) is 0.375. The van der Waals surface area contributed by atoms with Gasteiger partial charge in [-0.15, -0.1) is 0 Å². The van der Waals surface area contributed by atoms with Crippen LogP contribution in [-0.2, 0) is 16.0 Å². The number of aromatic nitrogens is 1. The van der Waals surface area contributed by atoms with Gasteiger partial charge in [0.25, 0.3) is 0 Å². The highest BCUT2D eigenvalue weighted by molar-refractivity contribution is 5.78. The molecule has 6 heteroatoms. The fourth-order valence-corrected chi connectivity index (χ4v) is 1.98. The Balaban J connectivity index is 2.09. The van der Waals surface area contributed by atoms with Gasteiger partial charge in [0.15, 0.2) is 0 Å². The molecule has 1 N–H and O–H groups in total. The van der Waals surface area contributed by atoms with Gasteiger partial charge in [0.1, 0.15) is 11.5 Å². The quantitative estimate of drug-likeness (QED) is 0.792. The van der Waals surface area contributed by atoms with Crippen LogP contribution in [0.4, 0.5) is 0 Å². The van der Waals surface area contributed by atoms with Crippen LogP contribution in [0.2, 0.25) is 0 Å². The summed E-state index contributed by atoms with van der Waals surface area (Å²) in [6, 6.07) is 7.44. The van der Waals surface area contributed by atoms with Gasteiger partial charge in [0, 0.05) is 19.2 Å². The molecule has 0 saturated heterocycles. The number of oxazole rings is 1. The Morgan fingerprint density at radius 3 is 2.91 bits per heavy atom. The molecule has 0 radical (unpaired) electrons. The van der Waals surface area contributed by atoms with Crippen LogP contribution in [0.25, 0.3) is 11.5 Å². The molecule has 0 aliphatic carbocycles. The standard InChI is InChI=1S/C16H20N2O4/c1-11-14(10-15(19)17-7-8-20-2)18-16(22-11)12-5-4-6-13(9-12)21-3/h4-6,9H,7-8,10H2,1-3H3,(H,17,19). The summed E-state index contributed by atoms with van der Waals surface area (Å²) < 4.78 is 15.7. The number of carbonyl (C=O) groups is 1. The van der Waals surface area contributed by atoms with Crippen LogP contribution >= 0.6 is 0 Å². The summed E-state index contributed by atoms with van der Waals surface area (Å²) in [6.07, 6.45) is 0.184. The summed E-state index contributed by atoms with van der Waals surface area (Å²) in [5.74, 6) is 1.74. The monoisotopic (exact) mass is 304 g/mol. The van der Waals surface area contributed by atoms with Gasteiger partial charge in [0.2, 0.25) is 11.8 Å². The molecule has 2 rings (SSSR count). The van der Waals surface area contributed by atoms with E-state index in [9.17, 15) is 4.79 Å². The third-order valence-corrected chi connectivity index (χ3v) is 3.17. The van der Waals surface area contributed by atoms with Crippen molar-refractivity contribution in [3.63, 3.8) is 0 Å². The number of rotatable bonds is 7. The minimum absolute atomic E-state index is 0.106. The molecule has 0 aliphatic heterocycles. The number of amides is 1. The van der Waals surface area contributed by atoms with E-state index < -0.39 is 0 Å². The first-order valence-electron chi connectivity index (χ1n) is 7.00. The van der Waals surface area contributed by atoms with Crippen LogP contribution in [0.15, 0.2) is 28.7 Å². The minimum atomic E-state index is -0.106. The van der Waals surface area contributed by atoms with E-state index in [1.54, 1.807) is 21.1 Å². The molecule has 1 heterocycles. The van der Waals surface area contributed by atoms with E-state index in [-0.39, 0.29) is 12.3 Å². The van der Waals surface area contributed by atoms with E-state index in [1.807, 2.05) is 24.3 Å². The lowest BCUT2D eigenvalue weighted by Gasteiger charge is -2.02. The third-order valence-electron chi connectivity index (χ3n) is 3.17. The van der Waals surface area contributed by atoms with Crippen molar-refractivity contribution in [3.05, 3.63) is 35.7 Å². The molecule has 1 aromatic carbocycles. The van der Waals surface area contributed by atoms with Crippen molar-refractivity contribution in [1.82, 2.24) is 10.3 Å². The number of hydrogen-bond acceptors (Lipinski definition) is 5. The molecule has 0 unspecified atom stereocenters. The lowest BCUT2D eigenvalue weighted by atomic mass is 10.2. The number of methoxy groups -OCH3 is 2. The Kier molecular flexibility index (Phi) is 5.55. The van der Waals surface area contributed by atoms with Gasteiger partial charge in [-0.05, 0) is 25.1 Å². The molecule has 0 fully saturated rings. The number of hydrogen-bond donors (Lipinski definition) is 1. The molecule has 6 nitrogen and oxygen atoms in total. The van der Waals surface area contributed by atoms with E-state index in [0.29, 0.717) is 30.5 Å². The van der Waals surface area contributed by atoms with Crippen LogP contribution in [0.1, 0.15) is 11.5 Å². The second-order valence-corrected chi connectivity index (χ2v) is 4.77. The molecular weight excluding hydrogens is 284 g/mol. The number of carbonyl (C=O) groups excluding carboxylic acids is 1. The van der Waals surface area contributed by atoms with Gasteiger partial charge in [-0.1, -0.05) is 6.07 Å². The summed E-state index contributed by atoms with van der Waals surface area (Å²) in [5, 5.41) is 2.76. The molecule has 0 atom stereocenters. The SMILES string of the molecule is COCCNC(=O)Cc1nc(-c2cccc(OC)c2)oc1C. The number of benzene rings is 1. The first-order valence-corrected chi connectivity index (χ1v) is 7.00. The highest BCUT2D eigenvalue weighted by Gasteiger charge is 2.14. The van der Waals surface area contributed by atoms with Gasteiger partial charge < -0.3 is 19.2 Å². The normalized spacial score (nSPS) is 10.5. The van der Waals surface area contributed by atoms with Crippen molar-refractivity contribution in [2.75, 3.05) is 27.4 Å². The predicted octanol–water partition coefficient (Wildman–Crippen LogP) is 1.96. The van der Waals surface area contributed by atoms with E-state index in [1.165, 1.54) is 0 Å². The Labute approximate surface area is 129 Å². The van der Waals surface area contributed by atoms with Gasteiger partial charge in [-0.25, -0.2) is 4.98 Å². The summed E-state index contributed by atoms with van der Waals surface area (Å²) in [7, 11) is 3.20. The zero-order chi connectivity index (χ0) is 15.9. The third kappa shape index (κ3) is 4.08. The fourth-order valence-electron chi connectivity index (χ4n) is 1.98. The molecule has 0 aliphatic rings. The largest absolute Gasteiger partial charge is 0.497 e. The van der Waals surface area contributed by atoms with Gasteiger partial charge in [-0.3, -0.25) is 4.79 Å². The number of nitrogens with one attached hydrogen (secondary N) is 1. The van der Waals surface area contributed by atoms with Crippen LogP contribution in [0, 0.1) is 6.92 Å². The molecule has 22 heavy (non-hydrogen) atoms. The Hall–Kier alpha value is -2.34. The molecule has 0 bridgehead atoms. The number of aryl methyl sites for hydroxylation is 1. The first-order chi connectivity index (χ1) is 10.6. The van der Waals surface area contributed by atoms with Gasteiger partial charge in [0.05, 0.1) is 25.8 Å². The summed E-state index contributed by atoms with van der Waals surface area (Å²) in [6.45, 7) is 2.77. The number of nitrogens with zero attached hydrogens (tertiary/aromatic N) is 1. The maximum atomic E-state index is 11.8. The molecule has 0 spiro atoms. The highest BCUT2D eigenvalue weighted by atomic mass is 16.5. The average Bonchev–Trinajstić information content (AvgIpc) is 2.88. The zero-order valence-corrected chi connectivity index (χ0v) is 13.0. The van der Waals surface area contributed by atoms with Crippen molar-refractivity contribution >= 4 is 5.91 Å². The van der Waals surface area contributed by atoms with Crippen LogP contribution in [-0.4, -0.2) is 38.3 Å². The van der Waals surface area contributed by atoms with Crippen LogP contribution in [0.5, 0.6) is 5.75 Å². The highest BCUT2D eigenvalue weighted by Crippen LogP contribution is 2.25. The zero-order valence-electron chi connectivity index (χ0n) is 13.0. The van der Waals surface area contributed by atoms with Crippen molar-refractivity contribution in [2.45, 2.75) is 13.3 Å². The second kappa shape index (κ2) is 7.61. The maximum absolute atomic E-state index is 11.8. The van der Waals surface area contributed by atoms with E-state index >= 15 is 0 Å². The van der Waals surface area contributed by atoms with Crippen molar-refractivity contribution in [1.29, 1.82) is 0 Å². The molecule has 118 valence electrons. The van der Waals surface area contributed by atoms with Crippen molar-refractivity contribution in [2.24, 2.45) is 0 Å². The maximum Gasteiger partial charge on any atom is 0.226 e. The second-order valence-electron chi connectivity index (χ2n) is 4.77. The minimum Gasteiger partial charge on any atom is -0.497 e. The topological polar surface area (TPSA) is 73.6 Å². The molecule has 1 amide bonds. The molecular formula is C16H20N2O4. The van der Waals surface area contributed by atoms with Crippen LogP contribution < -0.4 is 10.1 Å². The lowest BCUT2D eigenvalue weighted by Crippen LogP contribution is -2.28. The Morgan fingerprint density at radius 2 is 2.18 bits per heavy atom. The summed E-state index contributed by atoms with van der Waals surface area (Å²) in [4.78, 5) is 16.2. The van der Waals surface area contributed by atoms with E-state index in [2.05, 4.69) is 10.3 Å². The summed E-state index contributed by atoms with van der Waals surface area (Å²) in [5.41, 5.74) is 1.45.